The van der Waals surface area contributed by atoms with Crippen LogP contribution in [0.1, 0.15) is 24.5 Å². The summed E-state index contributed by atoms with van der Waals surface area (Å²) in [6.45, 7) is 2.13. The number of nitrogens with one attached hydrogen (secondary N) is 1. The van der Waals surface area contributed by atoms with E-state index in [1.54, 1.807) is 7.11 Å². The SMILES string of the molecule is CC/C(=C\c1ccc2[nH]ncc2c1)c1ccc(OC)cc1Cl. The maximum Gasteiger partial charge on any atom is 0.120 e. The second-order valence-corrected chi connectivity index (χ2v) is 5.49. The number of nitrogens with zero attached hydrogens (tertiary/aromatic N) is 1. The highest BCUT2D eigenvalue weighted by Crippen LogP contribution is 2.31. The second-order valence-electron chi connectivity index (χ2n) is 5.09. The fourth-order valence-electron chi connectivity index (χ4n) is 2.51. The molecule has 1 aromatic heterocycles. The second kappa shape index (κ2) is 6.24. The Morgan fingerprint density at radius 3 is 2.86 bits per heavy atom. The topological polar surface area (TPSA) is 37.9 Å². The zero-order valence-electron chi connectivity index (χ0n) is 12.6. The first-order chi connectivity index (χ1) is 10.7. The quantitative estimate of drug-likeness (QED) is 0.674. The monoisotopic (exact) mass is 312 g/mol. The van der Waals surface area contributed by atoms with Crippen molar-refractivity contribution in [2.45, 2.75) is 13.3 Å². The van der Waals surface area contributed by atoms with E-state index in [-0.39, 0.29) is 0 Å². The van der Waals surface area contributed by atoms with Gasteiger partial charge in [0, 0.05) is 5.39 Å². The third kappa shape index (κ3) is 2.85. The number of H-pyrrole nitrogens is 1. The number of rotatable bonds is 4. The molecule has 0 aliphatic rings. The van der Waals surface area contributed by atoms with Gasteiger partial charge >= 0.3 is 0 Å². The number of fused-ring (bicyclic) bond motifs is 1. The highest BCUT2D eigenvalue weighted by molar-refractivity contribution is 6.32. The molecule has 0 spiro atoms. The molecule has 3 aromatic rings. The van der Waals surface area contributed by atoms with Crippen molar-refractivity contribution in [3.05, 3.63) is 58.7 Å². The van der Waals surface area contributed by atoms with Crippen LogP contribution in [-0.4, -0.2) is 17.3 Å². The zero-order valence-corrected chi connectivity index (χ0v) is 13.3. The van der Waals surface area contributed by atoms with Gasteiger partial charge in [0.15, 0.2) is 0 Å². The summed E-state index contributed by atoms with van der Waals surface area (Å²) >= 11 is 6.39. The molecule has 4 heteroatoms. The highest BCUT2D eigenvalue weighted by Gasteiger charge is 2.07. The van der Waals surface area contributed by atoms with Crippen LogP contribution in [0.2, 0.25) is 5.02 Å². The largest absolute Gasteiger partial charge is 0.497 e. The number of hydrogen-bond donors (Lipinski definition) is 1. The lowest BCUT2D eigenvalue weighted by Crippen LogP contribution is -1.88. The molecule has 112 valence electrons. The Morgan fingerprint density at radius 1 is 1.27 bits per heavy atom. The average Bonchev–Trinajstić information content (AvgIpc) is 3.00. The number of aromatic nitrogens is 2. The summed E-state index contributed by atoms with van der Waals surface area (Å²) in [5.74, 6) is 0.768. The Morgan fingerprint density at radius 2 is 2.14 bits per heavy atom. The van der Waals surface area contributed by atoms with Gasteiger partial charge in [-0.2, -0.15) is 5.10 Å². The number of halogens is 1. The van der Waals surface area contributed by atoms with E-state index in [2.05, 4.69) is 35.3 Å². The number of benzene rings is 2. The van der Waals surface area contributed by atoms with Gasteiger partial charge in [-0.05, 0) is 53.5 Å². The molecule has 0 unspecified atom stereocenters. The Balaban J connectivity index is 2.02. The van der Waals surface area contributed by atoms with Crippen molar-refractivity contribution in [1.82, 2.24) is 10.2 Å². The number of methoxy groups -OCH3 is 1. The van der Waals surface area contributed by atoms with E-state index >= 15 is 0 Å². The molecular weight excluding hydrogens is 296 g/mol. The molecule has 3 nitrogen and oxygen atoms in total. The Bertz CT molecular complexity index is 836. The third-order valence-electron chi connectivity index (χ3n) is 3.71. The van der Waals surface area contributed by atoms with Crippen LogP contribution in [0.4, 0.5) is 0 Å². The molecule has 22 heavy (non-hydrogen) atoms. The van der Waals surface area contributed by atoms with Gasteiger partial charge < -0.3 is 4.74 Å². The zero-order chi connectivity index (χ0) is 15.5. The summed E-state index contributed by atoms with van der Waals surface area (Å²) < 4.78 is 5.21. The van der Waals surface area contributed by atoms with Gasteiger partial charge in [-0.3, -0.25) is 5.10 Å². The van der Waals surface area contributed by atoms with Crippen molar-refractivity contribution in [1.29, 1.82) is 0 Å². The molecule has 0 saturated carbocycles. The summed E-state index contributed by atoms with van der Waals surface area (Å²) in [6, 6.07) is 12.0. The molecule has 0 radical (unpaired) electrons. The van der Waals surface area contributed by atoms with Gasteiger partial charge in [0.2, 0.25) is 0 Å². The normalized spacial score (nSPS) is 11.9. The van der Waals surface area contributed by atoms with Crippen LogP contribution in [0, 0.1) is 0 Å². The van der Waals surface area contributed by atoms with Crippen LogP contribution in [0.3, 0.4) is 0 Å². The van der Waals surface area contributed by atoms with E-state index in [1.807, 2.05) is 30.5 Å². The van der Waals surface area contributed by atoms with Crippen molar-refractivity contribution in [3.8, 4) is 5.75 Å². The molecule has 0 bridgehead atoms. The number of hydrogen-bond acceptors (Lipinski definition) is 2. The fourth-order valence-corrected chi connectivity index (χ4v) is 2.80. The maximum atomic E-state index is 6.39. The van der Waals surface area contributed by atoms with E-state index in [0.717, 1.165) is 34.2 Å². The molecular formula is C18H17ClN2O. The Kier molecular flexibility index (Phi) is 4.16. The minimum absolute atomic E-state index is 0.705. The lowest BCUT2D eigenvalue weighted by atomic mass is 10.00. The first kappa shape index (κ1) is 14.7. The van der Waals surface area contributed by atoms with Gasteiger partial charge in [-0.15, -0.1) is 0 Å². The van der Waals surface area contributed by atoms with Gasteiger partial charge in [-0.25, -0.2) is 0 Å². The van der Waals surface area contributed by atoms with Gasteiger partial charge in [0.05, 0.1) is 23.8 Å². The Labute approximate surface area is 134 Å². The molecule has 0 atom stereocenters. The van der Waals surface area contributed by atoms with Crippen molar-refractivity contribution in [2.24, 2.45) is 0 Å². The minimum Gasteiger partial charge on any atom is -0.497 e. The molecule has 2 aromatic carbocycles. The molecule has 0 saturated heterocycles. The van der Waals surface area contributed by atoms with E-state index in [9.17, 15) is 0 Å². The molecule has 3 rings (SSSR count). The fraction of sp³-hybridized carbons (Fsp3) is 0.167. The maximum absolute atomic E-state index is 6.39. The lowest BCUT2D eigenvalue weighted by Gasteiger charge is -2.10. The average molecular weight is 313 g/mol. The summed E-state index contributed by atoms with van der Waals surface area (Å²) in [5.41, 5.74) is 4.41. The summed E-state index contributed by atoms with van der Waals surface area (Å²) in [4.78, 5) is 0. The van der Waals surface area contributed by atoms with E-state index < -0.39 is 0 Å². The van der Waals surface area contributed by atoms with E-state index in [1.165, 1.54) is 5.57 Å². The van der Waals surface area contributed by atoms with Crippen LogP contribution in [-0.2, 0) is 0 Å². The first-order valence-corrected chi connectivity index (χ1v) is 7.56. The van der Waals surface area contributed by atoms with Gasteiger partial charge in [0.1, 0.15) is 5.75 Å². The number of ether oxygens (including phenoxy) is 1. The van der Waals surface area contributed by atoms with Crippen LogP contribution >= 0.6 is 11.6 Å². The Hall–Kier alpha value is -2.26. The van der Waals surface area contributed by atoms with E-state index in [0.29, 0.717) is 5.02 Å². The predicted molar refractivity (Wildman–Crippen MR) is 92.3 cm³/mol. The first-order valence-electron chi connectivity index (χ1n) is 7.19. The predicted octanol–water partition coefficient (Wildman–Crippen LogP) is 5.18. The van der Waals surface area contributed by atoms with Crippen molar-refractivity contribution in [2.75, 3.05) is 7.11 Å². The third-order valence-corrected chi connectivity index (χ3v) is 4.02. The van der Waals surface area contributed by atoms with Crippen molar-refractivity contribution < 1.29 is 4.74 Å². The minimum atomic E-state index is 0.705. The highest BCUT2D eigenvalue weighted by atomic mass is 35.5. The van der Waals surface area contributed by atoms with Crippen LogP contribution in [0.15, 0.2) is 42.6 Å². The van der Waals surface area contributed by atoms with Crippen LogP contribution in [0.25, 0.3) is 22.6 Å². The van der Waals surface area contributed by atoms with Gasteiger partial charge in [-0.1, -0.05) is 30.7 Å². The van der Waals surface area contributed by atoms with Crippen LogP contribution < -0.4 is 4.74 Å². The summed E-state index contributed by atoms with van der Waals surface area (Å²) in [5, 5.41) is 8.82. The lowest BCUT2D eigenvalue weighted by molar-refractivity contribution is 0.415. The molecule has 0 aliphatic carbocycles. The smallest absolute Gasteiger partial charge is 0.120 e. The van der Waals surface area contributed by atoms with Crippen molar-refractivity contribution in [3.63, 3.8) is 0 Å². The summed E-state index contributed by atoms with van der Waals surface area (Å²) in [6.07, 6.45) is 4.90. The van der Waals surface area contributed by atoms with E-state index in [4.69, 9.17) is 16.3 Å². The standard InChI is InChI=1S/C18H17ClN2O/c1-3-13(16-6-5-15(22-2)10-17(16)19)8-12-4-7-18-14(9-12)11-20-21-18/h4-11H,3H2,1-2H3,(H,20,21)/b13-8+. The molecule has 0 aliphatic heterocycles. The summed E-state index contributed by atoms with van der Waals surface area (Å²) in [7, 11) is 1.64. The number of aromatic amines is 1. The number of allylic oxidation sites excluding steroid dienone is 1. The van der Waals surface area contributed by atoms with Crippen LogP contribution in [0.5, 0.6) is 5.75 Å². The molecule has 0 amide bonds. The van der Waals surface area contributed by atoms with Crippen molar-refractivity contribution >= 4 is 34.2 Å². The molecule has 0 fully saturated rings. The van der Waals surface area contributed by atoms with Gasteiger partial charge in [0.25, 0.3) is 0 Å². The molecule has 1 heterocycles. The molecule has 1 N–H and O–H groups in total.